The van der Waals surface area contributed by atoms with Gasteiger partial charge in [-0.2, -0.15) is 0 Å². The number of rotatable bonds is 7. The first-order chi connectivity index (χ1) is 9.81. The molecule has 1 unspecified atom stereocenters. The Hall–Kier alpha value is -2.04. The first kappa shape index (κ1) is 17.0. The Morgan fingerprint density at radius 3 is 2.24 bits per heavy atom. The summed E-state index contributed by atoms with van der Waals surface area (Å²) in [6.07, 6.45) is -0.00677. The van der Waals surface area contributed by atoms with E-state index in [1.54, 1.807) is 6.92 Å². The molecule has 1 aromatic rings. The predicted molar refractivity (Wildman–Crippen MR) is 83.5 cm³/mol. The van der Waals surface area contributed by atoms with Crippen LogP contribution in [0.1, 0.15) is 32.8 Å². The Morgan fingerprint density at radius 1 is 1.19 bits per heavy atom. The lowest BCUT2D eigenvalue weighted by molar-refractivity contribution is -0.137. The molecule has 0 radical (unpaired) electrons. The predicted octanol–water partition coefficient (Wildman–Crippen LogP) is 2.19. The highest BCUT2D eigenvalue weighted by Gasteiger charge is 2.22. The number of hydrogen-bond donors (Lipinski definition) is 2. The zero-order chi connectivity index (χ0) is 16.0. The molecule has 0 bridgehead atoms. The van der Waals surface area contributed by atoms with Crippen LogP contribution < -0.4 is 10.2 Å². The van der Waals surface area contributed by atoms with E-state index in [9.17, 15) is 9.59 Å². The molecule has 0 aromatic heterocycles. The molecule has 5 nitrogen and oxygen atoms in total. The third-order valence-corrected chi connectivity index (χ3v) is 3.21. The number of carboxylic acids is 1. The Kier molecular flexibility index (Phi) is 6.21. The summed E-state index contributed by atoms with van der Waals surface area (Å²) in [6, 6.07) is 7.37. The number of carbonyl (C=O) groups excluding carboxylic acids is 1. The summed E-state index contributed by atoms with van der Waals surface area (Å²) in [6.45, 7) is 7.88. The van der Waals surface area contributed by atoms with Gasteiger partial charge in [0, 0.05) is 18.3 Å². The van der Waals surface area contributed by atoms with Crippen LogP contribution in [0.15, 0.2) is 24.3 Å². The molecule has 1 rings (SSSR count). The van der Waals surface area contributed by atoms with E-state index in [4.69, 9.17) is 5.11 Å². The van der Waals surface area contributed by atoms with Gasteiger partial charge < -0.3 is 15.3 Å². The van der Waals surface area contributed by atoms with E-state index in [1.807, 2.05) is 49.9 Å². The van der Waals surface area contributed by atoms with E-state index in [0.29, 0.717) is 6.54 Å². The van der Waals surface area contributed by atoms with E-state index in [2.05, 4.69) is 5.32 Å². The lowest BCUT2D eigenvalue weighted by Gasteiger charge is -2.30. The Labute approximate surface area is 126 Å². The van der Waals surface area contributed by atoms with Gasteiger partial charge in [0.1, 0.15) is 6.04 Å². The van der Waals surface area contributed by atoms with Crippen LogP contribution in [0.4, 0.5) is 5.69 Å². The summed E-state index contributed by atoms with van der Waals surface area (Å²) in [5.74, 6) is -0.973. The fourth-order valence-electron chi connectivity index (χ4n) is 2.05. The maximum Gasteiger partial charge on any atom is 0.305 e. The molecule has 0 heterocycles. The minimum Gasteiger partial charge on any atom is -0.481 e. The van der Waals surface area contributed by atoms with Gasteiger partial charge in [-0.05, 0) is 39.8 Å². The van der Waals surface area contributed by atoms with Crippen molar-refractivity contribution in [1.82, 2.24) is 5.32 Å². The third kappa shape index (κ3) is 5.45. The molecule has 0 spiro atoms. The molecule has 2 N–H and O–H groups in total. The first-order valence-electron chi connectivity index (χ1n) is 7.16. The highest BCUT2D eigenvalue weighted by molar-refractivity contribution is 5.85. The number of anilines is 1. The zero-order valence-electron chi connectivity index (χ0n) is 13.1. The zero-order valence-corrected chi connectivity index (χ0v) is 13.1. The van der Waals surface area contributed by atoms with E-state index < -0.39 is 12.0 Å². The number of carbonyl (C=O) groups is 2. The molecular weight excluding hydrogens is 268 g/mol. The molecule has 0 fully saturated rings. The van der Waals surface area contributed by atoms with Crippen molar-refractivity contribution in [1.29, 1.82) is 0 Å². The molecule has 0 saturated heterocycles. The van der Waals surface area contributed by atoms with Crippen molar-refractivity contribution < 1.29 is 14.7 Å². The van der Waals surface area contributed by atoms with Gasteiger partial charge in [0.2, 0.25) is 5.91 Å². The van der Waals surface area contributed by atoms with Gasteiger partial charge in [-0.15, -0.1) is 0 Å². The van der Waals surface area contributed by atoms with Gasteiger partial charge in [0.15, 0.2) is 0 Å². The number of amides is 1. The summed E-state index contributed by atoms with van der Waals surface area (Å²) in [4.78, 5) is 24.8. The number of carboxylic acid groups (broad SMARTS) is 1. The SMILES string of the molecule is Cc1ccc(N(CCC(=O)O)C(C)C(=O)NC(C)C)cc1. The Bertz CT molecular complexity index is 483. The monoisotopic (exact) mass is 292 g/mol. The van der Waals surface area contributed by atoms with Crippen LogP contribution in [0, 0.1) is 6.92 Å². The number of benzene rings is 1. The fraction of sp³-hybridized carbons (Fsp3) is 0.500. The Balaban J connectivity index is 2.92. The van der Waals surface area contributed by atoms with Crippen LogP contribution >= 0.6 is 0 Å². The van der Waals surface area contributed by atoms with Crippen molar-refractivity contribution >= 4 is 17.6 Å². The van der Waals surface area contributed by atoms with Crippen LogP contribution in [0.25, 0.3) is 0 Å². The van der Waals surface area contributed by atoms with Crippen LogP contribution in [-0.4, -0.2) is 35.6 Å². The van der Waals surface area contributed by atoms with Gasteiger partial charge in [-0.1, -0.05) is 17.7 Å². The number of nitrogens with zero attached hydrogens (tertiary/aromatic N) is 1. The molecule has 5 heteroatoms. The molecule has 0 aliphatic heterocycles. The molecule has 0 aliphatic rings. The molecule has 1 atom stereocenters. The van der Waals surface area contributed by atoms with Crippen LogP contribution in [0.5, 0.6) is 0 Å². The van der Waals surface area contributed by atoms with Gasteiger partial charge >= 0.3 is 5.97 Å². The highest BCUT2D eigenvalue weighted by atomic mass is 16.4. The normalized spacial score (nSPS) is 12.0. The van der Waals surface area contributed by atoms with Crippen molar-refractivity contribution in [3.05, 3.63) is 29.8 Å². The second-order valence-corrected chi connectivity index (χ2v) is 5.51. The van der Waals surface area contributed by atoms with Crippen molar-refractivity contribution in [2.75, 3.05) is 11.4 Å². The van der Waals surface area contributed by atoms with Gasteiger partial charge in [0.05, 0.1) is 6.42 Å². The lowest BCUT2D eigenvalue weighted by atomic mass is 10.1. The summed E-state index contributed by atoms with van der Waals surface area (Å²) < 4.78 is 0. The van der Waals surface area contributed by atoms with Crippen molar-refractivity contribution in [3.8, 4) is 0 Å². The second-order valence-electron chi connectivity index (χ2n) is 5.51. The molecule has 1 amide bonds. The number of hydrogen-bond acceptors (Lipinski definition) is 3. The quantitative estimate of drug-likeness (QED) is 0.808. The van der Waals surface area contributed by atoms with Gasteiger partial charge in [0.25, 0.3) is 0 Å². The van der Waals surface area contributed by atoms with Gasteiger partial charge in [-0.3, -0.25) is 9.59 Å². The second kappa shape index (κ2) is 7.67. The largest absolute Gasteiger partial charge is 0.481 e. The third-order valence-electron chi connectivity index (χ3n) is 3.21. The van der Waals surface area contributed by atoms with E-state index in [0.717, 1.165) is 11.3 Å². The molecular formula is C16H24N2O3. The maximum absolute atomic E-state index is 12.2. The van der Waals surface area contributed by atoms with E-state index >= 15 is 0 Å². The minimum absolute atomic E-state index is 0.00677. The topological polar surface area (TPSA) is 69.6 Å². The fourth-order valence-corrected chi connectivity index (χ4v) is 2.05. The molecule has 1 aromatic carbocycles. The summed E-state index contributed by atoms with van der Waals surface area (Å²) in [5.41, 5.74) is 1.98. The van der Waals surface area contributed by atoms with Crippen LogP contribution in [0.3, 0.4) is 0 Å². The van der Waals surface area contributed by atoms with E-state index in [1.165, 1.54) is 0 Å². The van der Waals surface area contributed by atoms with Crippen molar-refractivity contribution in [2.24, 2.45) is 0 Å². The number of nitrogens with one attached hydrogen (secondary N) is 1. The molecule has 0 aliphatic carbocycles. The van der Waals surface area contributed by atoms with Gasteiger partial charge in [-0.25, -0.2) is 0 Å². The molecule has 116 valence electrons. The van der Waals surface area contributed by atoms with Crippen LogP contribution in [0.2, 0.25) is 0 Å². The number of aryl methyl sites for hydroxylation is 1. The lowest BCUT2D eigenvalue weighted by Crippen LogP contribution is -2.48. The smallest absolute Gasteiger partial charge is 0.305 e. The highest BCUT2D eigenvalue weighted by Crippen LogP contribution is 2.18. The molecule has 0 saturated carbocycles. The average molecular weight is 292 g/mol. The van der Waals surface area contributed by atoms with Crippen LogP contribution in [-0.2, 0) is 9.59 Å². The average Bonchev–Trinajstić information content (AvgIpc) is 2.39. The first-order valence-corrected chi connectivity index (χ1v) is 7.16. The molecule has 21 heavy (non-hydrogen) atoms. The summed E-state index contributed by atoms with van der Waals surface area (Å²) in [7, 11) is 0. The Morgan fingerprint density at radius 2 is 1.76 bits per heavy atom. The van der Waals surface area contributed by atoms with E-state index in [-0.39, 0.29) is 18.4 Å². The standard InChI is InChI=1S/C16H24N2O3/c1-11(2)17-16(21)13(4)18(10-9-15(19)20)14-7-5-12(3)6-8-14/h5-8,11,13H,9-10H2,1-4H3,(H,17,21)(H,19,20). The van der Waals surface area contributed by atoms with Crippen molar-refractivity contribution in [3.63, 3.8) is 0 Å². The maximum atomic E-state index is 12.2. The van der Waals surface area contributed by atoms with Crippen molar-refractivity contribution in [2.45, 2.75) is 46.2 Å². The number of aliphatic carboxylic acids is 1. The minimum atomic E-state index is -0.872. The summed E-state index contributed by atoms with van der Waals surface area (Å²) >= 11 is 0. The summed E-state index contributed by atoms with van der Waals surface area (Å²) in [5, 5.41) is 11.8.